The van der Waals surface area contributed by atoms with Crippen molar-refractivity contribution in [3.8, 4) is 0 Å². The Balaban J connectivity index is 1.96. The number of anilines is 1. The molecule has 2 N–H and O–H groups in total. The van der Waals surface area contributed by atoms with Gasteiger partial charge in [-0.15, -0.1) is 0 Å². The zero-order chi connectivity index (χ0) is 23.2. The molecule has 2 aliphatic rings. The van der Waals surface area contributed by atoms with E-state index in [2.05, 4.69) is 24.5 Å². The number of rotatable bonds is 5. The monoisotopic (exact) mass is 473 g/mol. The largest absolute Gasteiger partial charge is 0.347 e. The Morgan fingerprint density at radius 1 is 1.12 bits per heavy atom. The highest BCUT2D eigenvalue weighted by atomic mass is 35.5. The molecule has 1 spiro atoms. The van der Waals surface area contributed by atoms with Crippen LogP contribution in [0.25, 0.3) is 0 Å². The van der Waals surface area contributed by atoms with E-state index in [1.807, 2.05) is 36.4 Å². The molecule has 4 rings (SSSR count). The molecule has 32 heavy (non-hydrogen) atoms. The van der Waals surface area contributed by atoms with Gasteiger partial charge in [0.1, 0.15) is 5.41 Å². The van der Waals surface area contributed by atoms with E-state index in [4.69, 9.17) is 23.2 Å². The van der Waals surface area contributed by atoms with Crippen molar-refractivity contribution in [3.63, 3.8) is 0 Å². The van der Waals surface area contributed by atoms with Crippen LogP contribution in [0.1, 0.15) is 43.7 Å². The summed E-state index contributed by atoms with van der Waals surface area (Å²) < 4.78 is 0. The minimum absolute atomic E-state index is 0.0587. The summed E-state index contributed by atoms with van der Waals surface area (Å²) in [6.07, 6.45) is 1.70. The molecule has 4 atom stereocenters. The molecule has 2 aromatic carbocycles. The first-order chi connectivity index (χ1) is 15.2. The van der Waals surface area contributed by atoms with Gasteiger partial charge in [-0.3, -0.25) is 9.59 Å². The average molecular weight is 474 g/mol. The maximum Gasteiger partial charge on any atom is 0.239 e. The number of benzene rings is 2. The second-order valence-corrected chi connectivity index (χ2v) is 10.3. The maximum absolute atomic E-state index is 13.9. The SMILES string of the molecule is CC(C)CC[C@H]1NC(C(=O)N(C)C)[C@H](c2cccc(Cl)c2)[C@@]12C(=O)Nc1cc(Cl)ccc12. The van der Waals surface area contributed by atoms with Crippen molar-refractivity contribution < 1.29 is 9.59 Å². The van der Waals surface area contributed by atoms with E-state index in [-0.39, 0.29) is 17.9 Å². The Kier molecular flexibility index (Phi) is 6.27. The standard InChI is InChI=1S/C25H29Cl2N3O2/c1-14(2)8-11-20-25(18-10-9-17(27)13-19(18)28-24(25)32)21(15-6-5-7-16(26)12-15)22(29-20)23(31)30(3)4/h5-7,9-10,12-14,20-22,29H,8,11H2,1-4H3,(H,28,32)/t20-,21+,22?,25+/m1/s1. The van der Waals surface area contributed by atoms with Crippen LogP contribution in [0.4, 0.5) is 5.69 Å². The molecule has 7 heteroatoms. The number of fused-ring (bicyclic) bond motifs is 2. The lowest BCUT2D eigenvalue weighted by Gasteiger charge is -2.36. The third kappa shape index (κ3) is 3.70. The van der Waals surface area contributed by atoms with Gasteiger partial charge in [0, 0.05) is 41.8 Å². The Hall–Kier alpha value is -2.08. The number of halogens is 2. The summed E-state index contributed by atoms with van der Waals surface area (Å²) in [4.78, 5) is 28.9. The van der Waals surface area contributed by atoms with Gasteiger partial charge in [0.2, 0.25) is 11.8 Å². The van der Waals surface area contributed by atoms with Gasteiger partial charge in [-0.1, -0.05) is 55.2 Å². The quantitative estimate of drug-likeness (QED) is 0.653. The third-order valence-corrected chi connectivity index (χ3v) is 7.22. The molecular weight excluding hydrogens is 445 g/mol. The van der Waals surface area contributed by atoms with Crippen LogP contribution in [0.3, 0.4) is 0 Å². The van der Waals surface area contributed by atoms with Crippen LogP contribution in [0, 0.1) is 5.92 Å². The van der Waals surface area contributed by atoms with E-state index in [1.165, 1.54) is 0 Å². The molecule has 0 aromatic heterocycles. The summed E-state index contributed by atoms with van der Waals surface area (Å²) in [6, 6.07) is 12.3. The van der Waals surface area contributed by atoms with Gasteiger partial charge in [-0.05, 0) is 54.2 Å². The molecule has 1 unspecified atom stereocenters. The van der Waals surface area contributed by atoms with E-state index in [0.717, 1.165) is 24.0 Å². The van der Waals surface area contributed by atoms with Crippen LogP contribution in [-0.2, 0) is 15.0 Å². The molecule has 2 heterocycles. The molecule has 0 saturated carbocycles. The van der Waals surface area contributed by atoms with Crippen LogP contribution in [0.5, 0.6) is 0 Å². The molecule has 1 fully saturated rings. The Morgan fingerprint density at radius 2 is 1.84 bits per heavy atom. The van der Waals surface area contributed by atoms with Gasteiger partial charge in [-0.25, -0.2) is 0 Å². The van der Waals surface area contributed by atoms with Crippen molar-refractivity contribution in [2.24, 2.45) is 5.92 Å². The Bertz CT molecular complexity index is 1060. The number of hydrogen-bond donors (Lipinski definition) is 2. The van der Waals surface area contributed by atoms with Crippen LogP contribution < -0.4 is 10.6 Å². The first-order valence-electron chi connectivity index (χ1n) is 11.0. The molecule has 0 bridgehead atoms. The average Bonchev–Trinajstić information content (AvgIpc) is 3.21. The summed E-state index contributed by atoms with van der Waals surface area (Å²) in [5, 5.41) is 7.80. The normalized spacial score (nSPS) is 26.5. The number of likely N-dealkylation sites (N-methyl/N-ethyl adjacent to an activating group) is 1. The summed E-state index contributed by atoms with van der Waals surface area (Å²) >= 11 is 12.6. The van der Waals surface area contributed by atoms with Crippen molar-refractivity contribution in [2.45, 2.75) is 50.1 Å². The molecule has 0 aliphatic carbocycles. The number of hydrogen-bond acceptors (Lipinski definition) is 3. The van der Waals surface area contributed by atoms with Crippen molar-refractivity contribution in [2.75, 3.05) is 19.4 Å². The fourth-order valence-corrected chi connectivity index (χ4v) is 5.74. The lowest BCUT2D eigenvalue weighted by Crippen LogP contribution is -2.48. The van der Waals surface area contributed by atoms with Gasteiger partial charge < -0.3 is 15.5 Å². The Morgan fingerprint density at radius 3 is 2.50 bits per heavy atom. The summed E-state index contributed by atoms with van der Waals surface area (Å²) in [5.41, 5.74) is 1.52. The van der Waals surface area contributed by atoms with Crippen molar-refractivity contribution in [1.82, 2.24) is 10.2 Å². The molecule has 2 aliphatic heterocycles. The minimum atomic E-state index is -0.949. The zero-order valence-corrected chi connectivity index (χ0v) is 20.3. The summed E-state index contributed by atoms with van der Waals surface area (Å²) in [7, 11) is 3.49. The third-order valence-electron chi connectivity index (χ3n) is 6.75. The highest BCUT2D eigenvalue weighted by Gasteiger charge is 2.65. The predicted octanol–water partition coefficient (Wildman–Crippen LogP) is 4.83. The minimum Gasteiger partial charge on any atom is -0.347 e. The molecule has 2 aromatic rings. The Labute approximate surface area is 199 Å². The first kappa shape index (κ1) is 23.1. The molecule has 5 nitrogen and oxygen atoms in total. The zero-order valence-electron chi connectivity index (χ0n) is 18.8. The number of amides is 2. The van der Waals surface area contributed by atoms with E-state index in [9.17, 15) is 9.59 Å². The first-order valence-corrected chi connectivity index (χ1v) is 11.8. The number of carbonyl (C=O) groups excluding carboxylic acids is 2. The van der Waals surface area contributed by atoms with Crippen molar-refractivity contribution in [3.05, 3.63) is 63.6 Å². The van der Waals surface area contributed by atoms with Gasteiger partial charge in [0.25, 0.3) is 0 Å². The molecular formula is C25H29Cl2N3O2. The summed E-state index contributed by atoms with van der Waals surface area (Å²) in [6.45, 7) is 4.34. The van der Waals surface area contributed by atoms with Crippen LogP contribution in [0.15, 0.2) is 42.5 Å². The van der Waals surface area contributed by atoms with Gasteiger partial charge in [0.05, 0.1) is 6.04 Å². The maximum atomic E-state index is 13.9. The number of nitrogens with zero attached hydrogens (tertiary/aromatic N) is 1. The van der Waals surface area contributed by atoms with Crippen LogP contribution in [0.2, 0.25) is 10.0 Å². The lowest BCUT2D eigenvalue weighted by molar-refractivity contribution is -0.131. The fraction of sp³-hybridized carbons (Fsp3) is 0.440. The molecule has 170 valence electrons. The number of carbonyl (C=O) groups is 2. The summed E-state index contributed by atoms with van der Waals surface area (Å²) in [5.74, 6) is -0.112. The smallest absolute Gasteiger partial charge is 0.239 e. The highest BCUT2D eigenvalue weighted by molar-refractivity contribution is 6.31. The molecule has 0 radical (unpaired) electrons. The van der Waals surface area contributed by atoms with Gasteiger partial charge in [-0.2, -0.15) is 0 Å². The van der Waals surface area contributed by atoms with Gasteiger partial charge in [0.15, 0.2) is 0 Å². The second kappa shape index (κ2) is 8.69. The van der Waals surface area contributed by atoms with E-state index < -0.39 is 17.4 Å². The van der Waals surface area contributed by atoms with Crippen LogP contribution in [-0.4, -0.2) is 42.9 Å². The topological polar surface area (TPSA) is 61.4 Å². The molecule has 1 saturated heterocycles. The number of nitrogens with one attached hydrogen (secondary N) is 2. The highest BCUT2D eigenvalue weighted by Crippen LogP contribution is 2.56. The predicted molar refractivity (Wildman–Crippen MR) is 129 cm³/mol. The fourth-order valence-electron chi connectivity index (χ4n) is 5.37. The van der Waals surface area contributed by atoms with Crippen molar-refractivity contribution in [1.29, 1.82) is 0 Å². The van der Waals surface area contributed by atoms with E-state index in [0.29, 0.717) is 21.7 Å². The van der Waals surface area contributed by atoms with E-state index in [1.54, 1.807) is 25.1 Å². The second-order valence-electron chi connectivity index (χ2n) is 9.45. The lowest BCUT2D eigenvalue weighted by atomic mass is 9.64. The van der Waals surface area contributed by atoms with Crippen LogP contribution >= 0.6 is 23.2 Å². The van der Waals surface area contributed by atoms with E-state index >= 15 is 0 Å². The molecule has 2 amide bonds. The van der Waals surface area contributed by atoms with Gasteiger partial charge >= 0.3 is 0 Å². The van der Waals surface area contributed by atoms with Crippen molar-refractivity contribution >= 4 is 40.7 Å².